The molecule has 1 aromatic carbocycles. The summed E-state index contributed by atoms with van der Waals surface area (Å²) in [4.78, 5) is 25.7. The van der Waals surface area contributed by atoms with Gasteiger partial charge in [-0.05, 0) is 18.6 Å². The van der Waals surface area contributed by atoms with E-state index in [9.17, 15) is 9.59 Å². The Hall–Kier alpha value is -2.67. The summed E-state index contributed by atoms with van der Waals surface area (Å²) >= 11 is 0. The SMILES string of the molecule is COC(=O)c1cccc(-c2nn(C3CCOC3)c3c2CN(C(C)=O)CC3)c1. The predicted octanol–water partition coefficient (Wildman–Crippen LogP) is 2.20. The molecule has 0 aliphatic carbocycles. The third-order valence-electron chi connectivity index (χ3n) is 5.34. The second-order valence-electron chi connectivity index (χ2n) is 7.00. The number of rotatable bonds is 3. The molecule has 2 aliphatic rings. The molecule has 0 saturated carbocycles. The summed E-state index contributed by atoms with van der Waals surface area (Å²) in [6.45, 7) is 4.23. The van der Waals surface area contributed by atoms with Crippen LogP contribution in [0, 0.1) is 0 Å². The Morgan fingerprint density at radius 3 is 2.89 bits per heavy atom. The molecule has 0 N–H and O–H groups in total. The molecule has 0 bridgehead atoms. The first-order valence-corrected chi connectivity index (χ1v) is 9.20. The lowest BCUT2D eigenvalue weighted by atomic mass is 9.99. The molecule has 1 fully saturated rings. The van der Waals surface area contributed by atoms with E-state index in [0.29, 0.717) is 25.3 Å². The van der Waals surface area contributed by atoms with Crippen LogP contribution in [0.3, 0.4) is 0 Å². The zero-order valence-corrected chi connectivity index (χ0v) is 15.6. The van der Waals surface area contributed by atoms with Gasteiger partial charge in [-0.15, -0.1) is 0 Å². The molecular formula is C20H23N3O4. The molecule has 1 unspecified atom stereocenters. The van der Waals surface area contributed by atoms with Crippen LogP contribution in [-0.4, -0.2) is 53.4 Å². The van der Waals surface area contributed by atoms with E-state index in [2.05, 4.69) is 4.68 Å². The van der Waals surface area contributed by atoms with Gasteiger partial charge in [0.2, 0.25) is 5.91 Å². The fraction of sp³-hybridized carbons (Fsp3) is 0.450. The Balaban J connectivity index is 1.80. The number of amides is 1. The van der Waals surface area contributed by atoms with Gasteiger partial charge in [0, 0.05) is 49.9 Å². The number of carbonyl (C=O) groups is 2. The first-order chi connectivity index (χ1) is 13.1. The third-order valence-corrected chi connectivity index (χ3v) is 5.34. The monoisotopic (exact) mass is 369 g/mol. The summed E-state index contributed by atoms with van der Waals surface area (Å²) in [5, 5.41) is 4.91. The Kier molecular flexibility index (Phi) is 4.70. The van der Waals surface area contributed by atoms with Crippen molar-refractivity contribution in [1.82, 2.24) is 14.7 Å². The van der Waals surface area contributed by atoms with Crippen LogP contribution in [0.4, 0.5) is 0 Å². The normalized spacial score (nSPS) is 19.0. The van der Waals surface area contributed by atoms with Crippen LogP contribution in [0.1, 0.15) is 41.0 Å². The van der Waals surface area contributed by atoms with Gasteiger partial charge in [0.25, 0.3) is 0 Å². The Morgan fingerprint density at radius 1 is 1.33 bits per heavy atom. The molecule has 3 heterocycles. The van der Waals surface area contributed by atoms with E-state index in [1.165, 1.54) is 12.8 Å². The van der Waals surface area contributed by atoms with Gasteiger partial charge in [-0.3, -0.25) is 9.48 Å². The largest absolute Gasteiger partial charge is 0.465 e. The van der Waals surface area contributed by atoms with Crippen LogP contribution in [0.5, 0.6) is 0 Å². The van der Waals surface area contributed by atoms with Crippen molar-refractivity contribution in [2.24, 2.45) is 0 Å². The highest BCUT2D eigenvalue weighted by molar-refractivity contribution is 5.91. The molecule has 4 rings (SSSR count). The highest BCUT2D eigenvalue weighted by Gasteiger charge is 2.30. The predicted molar refractivity (Wildman–Crippen MR) is 98.3 cm³/mol. The molecule has 1 aromatic heterocycles. The number of hydrogen-bond donors (Lipinski definition) is 0. The average molecular weight is 369 g/mol. The average Bonchev–Trinajstić information content (AvgIpc) is 3.34. The lowest BCUT2D eigenvalue weighted by Gasteiger charge is -2.27. The Morgan fingerprint density at radius 2 is 2.19 bits per heavy atom. The van der Waals surface area contributed by atoms with E-state index in [1.54, 1.807) is 19.1 Å². The van der Waals surface area contributed by atoms with Crippen LogP contribution < -0.4 is 0 Å². The van der Waals surface area contributed by atoms with Crippen molar-refractivity contribution in [3.8, 4) is 11.3 Å². The van der Waals surface area contributed by atoms with Crippen molar-refractivity contribution in [3.05, 3.63) is 41.1 Å². The van der Waals surface area contributed by atoms with Gasteiger partial charge < -0.3 is 14.4 Å². The van der Waals surface area contributed by atoms with Gasteiger partial charge in [-0.2, -0.15) is 5.10 Å². The number of fused-ring (bicyclic) bond motifs is 1. The summed E-state index contributed by atoms with van der Waals surface area (Å²) in [6.07, 6.45) is 1.71. The van der Waals surface area contributed by atoms with Crippen molar-refractivity contribution >= 4 is 11.9 Å². The highest BCUT2D eigenvalue weighted by Crippen LogP contribution is 2.34. The lowest BCUT2D eigenvalue weighted by molar-refractivity contribution is -0.129. The summed E-state index contributed by atoms with van der Waals surface area (Å²) in [5.74, 6) is -0.313. The number of hydrogen-bond acceptors (Lipinski definition) is 5. The summed E-state index contributed by atoms with van der Waals surface area (Å²) < 4.78 is 12.5. The van der Waals surface area contributed by atoms with Crippen LogP contribution in [0.25, 0.3) is 11.3 Å². The maximum absolute atomic E-state index is 11.9. The minimum Gasteiger partial charge on any atom is -0.465 e. The van der Waals surface area contributed by atoms with Gasteiger partial charge in [-0.25, -0.2) is 4.79 Å². The quantitative estimate of drug-likeness (QED) is 0.776. The standard InChI is InChI=1S/C20H23N3O4/c1-13(24)22-8-6-18-17(11-22)19(21-23(18)16-7-9-27-12-16)14-4-3-5-15(10-14)20(25)26-2/h3-5,10,16H,6-9,11-12H2,1-2H3. The molecule has 1 amide bonds. The maximum Gasteiger partial charge on any atom is 0.337 e. The van der Waals surface area contributed by atoms with Crippen molar-refractivity contribution < 1.29 is 19.1 Å². The first kappa shape index (κ1) is 17.7. The minimum atomic E-state index is -0.375. The number of methoxy groups -OCH3 is 1. The van der Waals surface area contributed by atoms with E-state index in [1.807, 2.05) is 17.0 Å². The van der Waals surface area contributed by atoms with E-state index in [4.69, 9.17) is 14.6 Å². The number of ether oxygens (including phenoxy) is 2. The van der Waals surface area contributed by atoms with E-state index in [0.717, 1.165) is 36.3 Å². The van der Waals surface area contributed by atoms with Crippen molar-refractivity contribution in [3.63, 3.8) is 0 Å². The van der Waals surface area contributed by atoms with Crippen LogP contribution in [-0.2, 0) is 27.2 Å². The van der Waals surface area contributed by atoms with E-state index < -0.39 is 0 Å². The van der Waals surface area contributed by atoms with E-state index in [-0.39, 0.29) is 17.9 Å². The molecule has 0 radical (unpaired) electrons. The molecule has 7 heteroatoms. The molecule has 1 atom stereocenters. The number of aromatic nitrogens is 2. The van der Waals surface area contributed by atoms with Gasteiger partial charge in [-0.1, -0.05) is 12.1 Å². The smallest absolute Gasteiger partial charge is 0.337 e. The van der Waals surface area contributed by atoms with Gasteiger partial charge in [0.1, 0.15) is 0 Å². The highest BCUT2D eigenvalue weighted by atomic mass is 16.5. The van der Waals surface area contributed by atoms with Crippen LogP contribution in [0.15, 0.2) is 24.3 Å². The van der Waals surface area contributed by atoms with Crippen LogP contribution in [0.2, 0.25) is 0 Å². The zero-order valence-electron chi connectivity index (χ0n) is 15.6. The summed E-state index contributed by atoms with van der Waals surface area (Å²) in [5.41, 5.74) is 4.40. The maximum atomic E-state index is 11.9. The molecule has 142 valence electrons. The van der Waals surface area contributed by atoms with Gasteiger partial charge in [0.15, 0.2) is 0 Å². The first-order valence-electron chi connectivity index (χ1n) is 9.20. The number of benzene rings is 1. The fourth-order valence-corrected chi connectivity index (χ4v) is 3.87. The summed E-state index contributed by atoms with van der Waals surface area (Å²) in [6, 6.07) is 7.52. The number of esters is 1. The van der Waals surface area contributed by atoms with Crippen LogP contribution >= 0.6 is 0 Å². The molecule has 2 aliphatic heterocycles. The fourth-order valence-electron chi connectivity index (χ4n) is 3.87. The third kappa shape index (κ3) is 3.23. The van der Waals surface area contributed by atoms with Gasteiger partial charge >= 0.3 is 5.97 Å². The van der Waals surface area contributed by atoms with Gasteiger partial charge in [0.05, 0.1) is 31.0 Å². The molecule has 7 nitrogen and oxygen atoms in total. The number of carbonyl (C=O) groups excluding carboxylic acids is 2. The number of nitrogens with zero attached hydrogens (tertiary/aromatic N) is 3. The topological polar surface area (TPSA) is 73.7 Å². The Bertz CT molecular complexity index is 883. The molecule has 0 spiro atoms. The molecule has 1 saturated heterocycles. The second kappa shape index (κ2) is 7.15. The Labute approximate surface area is 157 Å². The summed E-state index contributed by atoms with van der Waals surface area (Å²) in [7, 11) is 1.37. The van der Waals surface area contributed by atoms with Crippen molar-refractivity contribution in [2.75, 3.05) is 26.9 Å². The van der Waals surface area contributed by atoms with Crippen molar-refractivity contribution in [2.45, 2.75) is 32.4 Å². The minimum absolute atomic E-state index is 0.0619. The zero-order chi connectivity index (χ0) is 19.0. The second-order valence-corrected chi connectivity index (χ2v) is 7.00. The molecule has 2 aromatic rings. The molecular weight excluding hydrogens is 346 g/mol. The van der Waals surface area contributed by atoms with Crippen molar-refractivity contribution in [1.29, 1.82) is 0 Å². The van der Waals surface area contributed by atoms with E-state index >= 15 is 0 Å². The molecule has 27 heavy (non-hydrogen) atoms. The lowest BCUT2D eigenvalue weighted by Crippen LogP contribution is -2.35.